The maximum Gasteiger partial charge on any atom is 0.573 e. The first-order valence-electron chi connectivity index (χ1n) is 11.0. The van der Waals surface area contributed by atoms with E-state index in [2.05, 4.69) is 10.1 Å². The zero-order chi connectivity index (χ0) is 23.4. The summed E-state index contributed by atoms with van der Waals surface area (Å²) in [4.78, 5) is 12.5. The number of nitrogens with one attached hydrogen (secondary N) is 1. The van der Waals surface area contributed by atoms with Crippen LogP contribution in [0.5, 0.6) is 17.2 Å². The monoisotopic (exact) mass is 461 g/mol. The quantitative estimate of drug-likeness (QED) is 0.569. The van der Waals surface area contributed by atoms with E-state index >= 15 is 0 Å². The van der Waals surface area contributed by atoms with Crippen LogP contribution in [0.15, 0.2) is 48.0 Å². The van der Waals surface area contributed by atoms with Crippen LogP contribution in [0.1, 0.15) is 49.1 Å². The van der Waals surface area contributed by atoms with Crippen LogP contribution < -0.4 is 19.5 Å². The zero-order valence-corrected chi connectivity index (χ0v) is 18.3. The summed E-state index contributed by atoms with van der Waals surface area (Å²) < 4.78 is 53.2. The lowest BCUT2D eigenvalue weighted by molar-refractivity contribution is -0.274. The van der Waals surface area contributed by atoms with Gasteiger partial charge in [0.2, 0.25) is 5.91 Å². The third kappa shape index (κ3) is 6.00. The summed E-state index contributed by atoms with van der Waals surface area (Å²) in [6.45, 7) is 0.461. The largest absolute Gasteiger partial charge is 0.573 e. The minimum atomic E-state index is -4.77. The molecule has 0 bridgehead atoms. The molecule has 2 aliphatic rings. The second kappa shape index (κ2) is 9.77. The number of ether oxygens (including phenoxy) is 3. The highest BCUT2D eigenvalue weighted by molar-refractivity contribution is 5.98. The van der Waals surface area contributed by atoms with Gasteiger partial charge in [0.05, 0.1) is 13.2 Å². The average molecular weight is 461 g/mol. The van der Waals surface area contributed by atoms with Crippen molar-refractivity contribution in [3.63, 3.8) is 0 Å². The van der Waals surface area contributed by atoms with Crippen LogP contribution in [-0.4, -0.2) is 32.0 Å². The number of rotatable bonds is 6. The Morgan fingerprint density at radius 3 is 2.58 bits per heavy atom. The number of hydrogen-bond donors (Lipinski definition) is 1. The molecule has 5 nitrogen and oxygen atoms in total. The molecule has 4 rings (SSSR count). The highest BCUT2D eigenvalue weighted by Crippen LogP contribution is 2.37. The predicted octanol–water partition coefficient (Wildman–Crippen LogP) is 5.60. The first-order valence-corrected chi connectivity index (χ1v) is 11.0. The first kappa shape index (κ1) is 23.0. The SMILES string of the molecule is COc1ccc([C@H]2CNC(=O)/C(=C/c3cccc(OC(F)(F)F)c3)C2)cc1OC1CCCC1. The van der Waals surface area contributed by atoms with E-state index in [1.165, 1.54) is 18.2 Å². The van der Waals surface area contributed by atoms with Gasteiger partial charge in [-0.1, -0.05) is 18.2 Å². The Hall–Kier alpha value is -3.16. The molecule has 2 aromatic rings. The maximum atomic E-state index is 12.5. The van der Waals surface area contributed by atoms with Crippen LogP contribution in [0.25, 0.3) is 6.08 Å². The summed E-state index contributed by atoms with van der Waals surface area (Å²) in [5.41, 5.74) is 1.95. The third-order valence-corrected chi connectivity index (χ3v) is 5.95. The lowest BCUT2D eigenvalue weighted by Gasteiger charge is -2.26. The smallest absolute Gasteiger partial charge is 0.493 e. The molecule has 1 amide bonds. The Kier molecular flexibility index (Phi) is 6.81. The Labute approximate surface area is 190 Å². The summed E-state index contributed by atoms with van der Waals surface area (Å²) in [5.74, 6) is 0.808. The molecule has 0 aromatic heterocycles. The minimum absolute atomic E-state index is 0.000363. The van der Waals surface area contributed by atoms with E-state index < -0.39 is 6.36 Å². The summed E-state index contributed by atoms with van der Waals surface area (Å²) in [6.07, 6.45) is 1.83. The predicted molar refractivity (Wildman–Crippen MR) is 117 cm³/mol. The van der Waals surface area contributed by atoms with Crippen molar-refractivity contribution in [2.24, 2.45) is 0 Å². The van der Waals surface area contributed by atoms with Crippen molar-refractivity contribution in [3.8, 4) is 17.2 Å². The van der Waals surface area contributed by atoms with E-state index in [-0.39, 0.29) is 23.7 Å². The van der Waals surface area contributed by atoms with Gasteiger partial charge in [0, 0.05) is 18.0 Å². The van der Waals surface area contributed by atoms with E-state index in [9.17, 15) is 18.0 Å². The van der Waals surface area contributed by atoms with E-state index in [4.69, 9.17) is 9.47 Å². The molecule has 8 heteroatoms. The van der Waals surface area contributed by atoms with Crippen LogP contribution in [0.4, 0.5) is 13.2 Å². The number of amides is 1. The van der Waals surface area contributed by atoms with Crippen LogP contribution >= 0.6 is 0 Å². The molecule has 1 aliphatic carbocycles. The van der Waals surface area contributed by atoms with Gasteiger partial charge in [-0.3, -0.25) is 4.79 Å². The second-order valence-electron chi connectivity index (χ2n) is 8.34. The lowest BCUT2D eigenvalue weighted by atomic mass is 9.87. The molecule has 1 saturated carbocycles. The van der Waals surface area contributed by atoms with Crippen molar-refractivity contribution in [2.75, 3.05) is 13.7 Å². The molecule has 1 saturated heterocycles. The maximum absolute atomic E-state index is 12.5. The van der Waals surface area contributed by atoms with Gasteiger partial charge in [0.1, 0.15) is 5.75 Å². The molecule has 2 fully saturated rings. The van der Waals surface area contributed by atoms with E-state index in [1.807, 2.05) is 18.2 Å². The van der Waals surface area contributed by atoms with Gasteiger partial charge in [-0.2, -0.15) is 0 Å². The molecule has 0 spiro atoms. The molecular weight excluding hydrogens is 435 g/mol. The highest BCUT2D eigenvalue weighted by atomic mass is 19.4. The molecule has 176 valence electrons. The number of alkyl halides is 3. The molecule has 1 aliphatic heterocycles. The third-order valence-electron chi connectivity index (χ3n) is 5.95. The van der Waals surface area contributed by atoms with Crippen LogP contribution in [0.2, 0.25) is 0 Å². The van der Waals surface area contributed by atoms with Crippen LogP contribution in [0, 0.1) is 0 Å². The summed E-state index contributed by atoms with van der Waals surface area (Å²) in [5, 5.41) is 2.88. The van der Waals surface area contributed by atoms with Crippen molar-refractivity contribution in [2.45, 2.75) is 50.5 Å². The molecular formula is C25H26F3NO4. The van der Waals surface area contributed by atoms with Gasteiger partial charge < -0.3 is 19.5 Å². The van der Waals surface area contributed by atoms with Crippen LogP contribution in [0.3, 0.4) is 0 Å². The number of hydrogen-bond acceptors (Lipinski definition) is 4. The molecule has 1 N–H and O–H groups in total. The normalized spacial score (nSPS) is 20.5. The van der Waals surface area contributed by atoms with Gasteiger partial charge >= 0.3 is 6.36 Å². The number of carbonyl (C=O) groups is 1. The van der Waals surface area contributed by atoms with Crippen molar-refractivity contribution >= 4 is 12.0 Å². The zero-order valence-electron chi connectivity index (χ0n) is 18.3. The fraction of sp³-hybridized carbons (Fsp3) is 0.400. The molecule has 33 heavy (non-hydrogen) atoms. The van der Waals surface area contributed by atoms with Crippen molar-refractivity contribution in [3.05, 3.63) is 59.2 Å². The minimum Gasteiger partial charge on any atom is -0.493 e. The summed E-state index contributed by atoms with van der Waals surface area (Å²) in [7, 11) is 1.61. The Morgan fingerprint density at radius 2 is 1.85 bits per heavy atom. The highest BCUT2D eigenvalue weighted by Gasteiger charge is 2.31. The van der Waals surface area contributed by atoms with E-state index in [0.717, 1.165) is 31.2 Å². The fourth-order valence-electron chi connectivity index (χ4n) is 4.35. The van der Waals surface area contributed by atoms with Gasteiger partial charge in [0.15, 0.2) is 11.5 Å². The number of benzene rings is 2. The van der Waals surface area contributed by atoms with Crippen molar-refractivity contribution < 1.29 is 32.2 Å². The molecule has 1 atom stereocenters. The summed E-state index contributed by atoms with van der Waals surface area (Å²) in [6, 6.07) is 11.4. The summed E-state index contributed by atoms with van der Waals surface area (Å²) >= 11 is 0. The van der Waals surface area contributed by atoms with E-state index in [0.29, 0.717) is 35.6 Å². The Bertz CT molecular complexity index is 1030. The Balaban J connectivity index is 1.54. The lowest BCUT2D eigenvalue weighted by Crippen LogP contribution is -2.35. The molecule has 0 radical (unpaired) electrons. The topological polar surface area (TPSA) is 56.8 Å². The Morgan fingerprint density at radius 1 is 1.06 bits per heavy atom. The second-order valence-corrected chi connectivity index (χ2v) is 8.34. The van der Waals surface area contributed by atoms with Gasteiger partial charge in [-0.05, 0) is 73.6 Å². The van der Waals surface area contributed by atoms with Gasteiger partial charge in [-0.15, -0.1) is 13.2 Å². The molecule has 0 unspecified atom stereocenters. The average Bonchev–Trinajstić information content (AvgIpc) is 3.27. The number of carbonyl (C=O) groups excluding carboxylic acids is 1. The van der Waals surface area contributed by atoms with Gasteiger partial charge in [-0.25, -0.2) is 0 Å². The number of halogens is 3. The van der Waals surface area contributed by atoms with Crippen molar-refractivity contribution in [1.82, 2.24) is 5.32 Å². The van der Waals surface area contributed by atoms with Crippen molar-refractivity contribution in [1.29, 1.82) is 0 Å². The standard InChI is InChI=1S/C25H26F3NO4/c1-31-22-10-9-17(14-23(22)32-20-6-2-3-7-20)19-13-18(24(30)29-15-19)11-16-5-4-8-21(12-16)33-25(26,27)28/h4-5,8-12,14,19-20H,2-3,6-7,13,15H2,1H3,(H,29,30)/b18-11+/t19-/m1/s1. The molecule has 2 aromatic carbocycles. The van der Waals surface area contributed by atoms with Crippen LogP contribution in [-0.2, 0) is 4.79 Å². The fourth-order valence-corrected chi connectivity index (χ4v) is 4.35. The number of methoxy groups -OCH3 is 1. The molecule has 1 heterocycles. The van der Waals surface area contributed by atoms with Gasteiger partial charge in [0.25, 0.3) is 0 Å². The first-order chi connectivity index (χ1) is 15.8. The van der Waals surface area contributed by atoms with E-state index in [1.54, 1.807) is 19.3 Å². The number of piperidine rings is 1.